The Morgan fingerprint density at radius 1 is 1.39 bits per heavy atom. The third kappa shape index (κ3) is 4.14. The van der Waals surface area contributed by atoms with E-state index in [9.17, 15) is 20.0 Å². The van der Waals surface area contributed by atoms with Crippen molar-refractivity contribution in [3.8, 4) is 0 Å². The molecule has 0 bridgehead atoms. The Balaban J connectivity index is 2.59. The molecule has 1 atom stereocenters. The van der Waals surface area contributed by atoms with E-state index in [4.69, 9.17) is 23.2 Å². The Hall–Kier alpha value is -1.37. The number of benzene rings is 1. The van der Waals surface area contributed by atoms with E-state index in [1.807, 2.05) is 0 Å². The van der Waals surface area contributed by atoms with Crippen LogP contribution < -0.4 is 5.32 Å². The number of nitro benzene ring substituents is 1. The maximum absolute atomic E-state index is 11.0. The van der Waals surface area contributed by atoms with Crippen molar-refractivity contribution in [3.63, 3.8) is 0 Å². The van der Waals surface area contributed by atoms with Gasteiger partial charge in [0.25, 0.3) is 11.6 Å². The number of aliphatic hydroxyl groups excluding tert-OH is 1. The van der Waals surface area contributed by atoms with Gasteiger partial charge in [0.1, 0.15) is 0 Å². The summed E-state index contributed by atoms with van der Waals surface area (Å²) in [6, 6.07) is 5.36. The second-order valence-electron chi connectivity index (χ2n) is 3.41. The summed E-state index contributed by atoms with van der Waals surface area (Å²) in [5, 5.41) is 22.5. The minimum absolute atomic E-state index is 0.0726. The fraction of sp³-hybridized carbons (Fsp3) is 0.300. The van der Waals surface area contributed by atoms with Gasteiger partial charge in [-0.25, -0.2) is 0 Å². The second-order valence-corrected chi connectivity index (χ2v) is 4.51. The number of carbonyl (C=O) groups excluding carboxylic acids is 1. The SMILES string of the molecule is O=C(NC[C@@H](O)c1ccc([N+](=O)[O-])cc1)C(Cl)Cl. The van der Waals surface area contributed by atoms with Crippen molar-refractivity contribution in [2.24, 2.45) is 0 Å². The lowest BCUT2D eigenvalue weighted by molar-refractivity contribution is -0.384. The van der Waals surface area contributed by atoms with Gasteiger partial charge in [-0.15, -0.1) is 0 Å². The molecule has 0 aliphatic heterocycles. The Kier molecular flexibility index (Phi) is 5.33. The molecule has 18 heavy (non-hydrogen) atoms. The predicted molar refractivity (Wildman–Crippen MR) is 66.6 cm³/mol. The zero-order chi connectivity index (χ0) is 13.7. The van der Waals surface area contributed by atoms with Crippen LogP contribution in [0.1, 0.15) is 11.7 Å². The molecule has 0 fully saturated rings. The highest BCUT2D eigenvalue weighted by molar-refractivity contribution is 6.53. The fourth-order valence-corrected chi connectivity index (χ4v) is 1.36. The highest BCUT2D eigenvalue weighted by Crippen LogP contribution is 2.17. The summed E-state index contributed by atoms with van der Waals surface area (Å²) in [5.41, 5.74) is 0.373. The average Bonchev–Trinajstić information content (AvgIpc) is 2.35. The Morgan fingerprint density at radius 3 is 2.39 bits per heavy atom. The van der Waals surface area contributed by atoms with Gasteiger partial charge in [0, 0.05) is 18.7 Å². The van der Waals surface area contributed by atoms with E-state index in [-0.39, 0.29) is 12.2 Å². The number of amides is 1. The van der Waals surface area contributed by atoms with Crippen molar-refractivity contribution in [1.82, 2.24) is 5.32 Å². The second kappa shape index (κ2) is 6.53. The summed E-state index contributed by atoms with van der Waals surface area (Å²) >= 11 is 10.6. The molecule has 2 N–H and O–H groups in total. The third-order valence-electron chi connectivity index (χ3n) is 2.16. The molecule has 0 aromatic heterocycles. The van der Waals surface area contributed by atoms with Crippen molar-refractivity contribution in [3.05, 3.63) is 39.9 Å². The molecule has 1 aromatic carbocycles. The van der Waals surface area contributed by atoms with Crippen LogP contribution in [0.3, 0.4) is 0 Å². The summed E-state index contributed by atoms with van der Waals surface area (Å²) in [4.78, 5) is 19.7. The van der Waals surface area contributed by atoms with Crippen LogP contribution >= 0.6 is 23.2 Å². The zero-order valence-electron chi connectivity index (χ0n) is 9.05. The van der Waals surface area contributed by atoms with Gasteiger partial charge in [0.2, 0.25) is 0 Å². The minimum atomic E-state index is -1.20. The number of alkyl halides is 2. The standard InChI is InChI=1S/C10H10Cl2N2O4/c11-9(12)10(16)13-5-8(15)6-1-3-7(4-2-6)14(17)18/h1-4,8-9,15H,5H2,(H,13,16)/t8-/m1/s1. The van der Waals surface area contributed by atoms with Crippen molar-refractivity contribution >= 4 is 34.8 Å². The molecule has 0 spiro atoms. The van der Waals surface area contributed by atoms with E-state index in [2.05, 4.69) is 5.32 Å². The van der Waals surface area contributed by atoms with Gasteiger partial charge < -0.3 is 10.4 Å². The van der Waals surface area contributed by atoms with E-state index in [0.29, 0.717) is 5.56 Å². The number of aliphatic hydroxyl groups is 1. The van der Waals surface area contributed by atoms with Gasteiger partial charge in [0.15, 0.2) is 4.84 Å². The predicted octanol–water partition coefficient (Wildman–Crippen LogP) is 1.55. The molecule has 0 saturated heterocycles. The Bertz CT molecular complexity index is 436. The number of carbonyl (C=O) groups is 1. The normalized spacial score (nSPS) is 12.2. The maximum atomic E-state index is 11.0. The Morgan fingerprint density at radius 2 is 1.94 bits per heavy atom. The highest BCUT2D eigenvalue weighted by Gasteiger charge is 2.14. The molecule has 0 aliphatic carbocycles. The molecule has 1 rings (SSSR count). The van der Waals surface area contributed by atoms with E-state index < -0.39 is 21.8 Å². The number of halogens is 2. The first-order chi connectivity index (χ1) is 8.41. The molecule has 1 amide bonds. The summed E-state index contributed by atoms with van der Waals surface area (Å²) in [6.45, 7) is -0.0768. The van der Waals surface area contributed by atoms with E-state index >= 15 is 0 Å². The van der Waals surface area contributed by atoms with Crippen LogP contribution in [0.2, 0.25) is 0 Å². The molecule has 0 aliphatic rings. The van der Waals surface area contributed by atoms with Crippen molar-refractivity contribution in [1.29, 1.82) is 0 Å². The molecule has 8 heteroatoms. The summed E-state index contributed by atoms with van der Waals surface area (Å²) in [6.07, 6.45) is -0.984. The summed E-state index contributed by atoms with van der Waals surface area (Å²) < 4.78 is 0. The third-order valence-corrected chi connectivity index (χ3v) is 2.55. The van der Waals surface area contributed by atoms with Crippen LogP contribution in [-0.4, -0.2) is 27.3 Å². The Labute approximate surface area is 113 Å². The van der Waals surface area contributed by atoms with Crippen LogP contribution in [0.4, 0.5) is 5.69 Å². The number of nitrogens with zero attached hydrogens (tertiary/aromatic N) is 1. The number of rotatable bonds is 5. The first-order valence-corrected chi connectivity index (χ1v) is 5.77. The van der Waals surface area contributed by atoms with Crippen LogP contribution in [0.25, 0.3) is 0 Å². The van der Waals surface area contributed by atoms with Crippen LogP contribution in [0.15, 0.2) is 24.3 Å². The van der Waals surface area contributed by atoms with Crippen molar-refractivity contribution in [2.45, 2.75) is 10.9 Å². The quantitative estimate of drug-likeness (QED) is 0.489. The first kappa shape index (κ1) is 14.7. The van der Waals surface area contributed by atoms with Gasteiger partial charge in [-0.1, -0.05) is 23.2 Å². The molecule has 98 valence electrons. The number of non-ortho nitro benzene ring substituents is 1. The minimum Gasteiger partial charge on any atom is -0.387 e. The maximum Gasteiger partial charge on any atom is 0.269 e. The number of hydrogen-bond acceptors (Lipinski definition) is 4. The van der Waals surface area contributed by atoms with Crippen molar-refractivity contribution < 1.29 is 14.8 Å². The van der Waals surface area contributed by atoms with E-state index in [1.165, 1.54) is 24.3 Å². The smallest absolute Gasteiger partial charge is 0.269 e. The van der Waals surface area contributed by atoms with Gasteiger partial charge in [0.05, 0.1) is 11.0 Å². The highest BCUT2D eigenvalue weighted by atomic mass is 35.5. The molecule has 0 heterocycles. The lowest BCUT2D eigenvalue weighted by atomic mass is 10.1. The van der Waals surface area contributed by atoms with Gasteiger partial charge in [-0.2, -0.15) is 0 Å². The van der Waals surface area contributed by atoms with Crippen LogP contribution in [0.5, 0.6) is 0 Å². The molecule has 0 unspecified atom stereocenters. The molecular formula is C10H10Cl2N2O4. The van der Waals surface area contributed by atoms with Crippen molar-refractivity contribution in [2.75, 3.05) is 6.54 Å². The number of hydrogen-bond donors (Lipinski definition) is 2. The zero-order valence-corrected chi connectivity index (χ0v) is 10.6. The lowest BCUT2D eigenvalue weighted by Crippen LogP contribution is -2.32. The monoisotopic (exact) mass is 292 g/mol. The molecule has 0 saturated carbocycles. The van der Waals surface area contributed by atoms with E-state index in [1.54, 1.807) is 0 Å². The average molecular weight is 293 g/mol. The lowest BCUT2D eigenvalue weighted by Gasteiger charge is -2.12. The molecule has 1 aromatic rings. The number of nitro groups is 1. The van der Waals surface area contributed by atoms with Gasteiger partial charge in [-0.3, -0.25) is 14.9 Å². The molecular weight excluding hydrogens is 283 g/mol. The summed E-state index contributed by atoms with van der Waals surface area (Å²) in [5.74, 6) is -0.612. The van der Waals surface area contributed by atoms with E-state index in [0.717, 1.165) is 0 Å². The largest absolute Gasteiger partial charge is 0.387 e. The molecule has 6 nitrogen and oxygen atoms in total. The molecule has 0 radical (unpaired) electrons. The van der Waals surface area contributed by atoms with Gasteiger partial charge >= 0.3 is 0 Å². The first-order valence-electron chi connectivity index (χ1n) is 4.90. The van der Waals surface area contributed by atoms with Gasteiger partial charge in [-0.05, 0) is 17.7 Å². The van der Waals surface area contributed by atoms with Crippen LogP contribution in [0, 0.1) is 10.1 Å². The topological polar surface area (TPSA) is 92.5 Å². The summed E-state index contributed by atoms with van der Waals surface area (Å²) in [7, 11) is 0. The fourth-order valence-electron chi connectivity index (χ4n) is 1.21. The van der Waals surface area contributed by atoms with Crippen LogP contribution in [-0.2, 0) is 4.79 Å². The number of nitrogens with one attached hydrogen (secondary N) is 1.